The number of halogens is 2. The van der Waals surface area contributed by atoms with Crippen LogP contribution in [0, 0.1) is 0 Å². The number of nitrogen functional groups attached to an aromatic ring is 2. The molecule has 0 saturated heterocycles. The quantitative estimate of drug-likeness (QED) is 0.542. The summed E-state index contributed by atoms with van der Waals surface area (Å²) in [6.07, 6.45) is 0. The van der Waals surface area contributed by atoms with Gasteiger partial charge in [-0.15, -0.1) is 0 Å². The Morgan fingerprint density at radius 3 is 1.69 bits per heavy atom. The summed E-state index contributed by atoms with van der Waals surface area (Å²) in [6.45, 7) is 0. The first-order chi connectivity index (χ1) is 6.13. The van der Waals surface area contributed by atoms with Crippen LogP contribution in [0.3, 0.4) is 0 Å². The molecule has 13 heavy (non-hydrogen) atoms. The van der Waals surface area contributed by atoms with E-state index in [1.165, 1.54) is 0 Å². The summed E-state index contributed by atoms with van der Waals surface area (Å²) in [6, 6.07) is 0. The Hall–Kier alpha value is -0.101. The first-order valence-electron chi connectivity index (χ1n) is 3.27. The summed E-state index contributed by atoms with van der Waals surface area (Å²) in [4.78, 5) is 0. The van der Waals surface area contributed by atoms with Gasteiger partial charge in [-0.3, -0.25) is 0 Å². The van der Waals surface area contributed by atoms with Gasteiger partial charge in [0.1, 0.15) is 0 Å². The third-order valence-corrected chi connectivity index (χ3v) is 4.38. The van der Waals surface area contributed by atoms with Gasteiger partial charge in [-0.25, -0.2) is 0 Å². The van der Waals surface area contributed by atoms with Gasteiger partial charge in [-0.2, -0.15) is 0 Å². The van der Waals surface area contributed by atoms with E-state index < -0.39 is 0 Å². The molecule has 0 spiro atoms. The van der Waals surface area contributed by atoms with Crippen LogP contribution in [-0.2, 0) is 0 Å². The second-order valence-corrected chi connectivity index (χ2v) is 5.11. The van der Waals surface area contributed by atoms with E-state index in [9.17, 15) is 0 Å². The summed E-state index contributed by atoms with van der Waals surface area (Å²) in [5.41, 5.74) is 14.2. The molecule has 1 aromatic carbocycles. The summed E-state index contributed by atoms with van der Waals surface area (Å²) in [5, 5.41) is 0. The topological polar surface area (TPSA) is 77.8 Å². The van der Waals surface area contributed by atoms with Gasteiger partial charge in [-0.05, 0) is 0 Å². The second-order valence-electron chi connectivity index (χ2n) is 2.42. The van der Waals surface area contributed by atoms with Crippen LogP contribution in [0.15, 0.2) is 8.95 Å². The Kier molecular flexibility index (Phi) is 2.35. The predicted molar refractivity (Wildman–Crippen MR) is 60.7 cm³/mol. The average Bonchev–Trinajstić information content (AvgIpc) is 2.59. The van der Waals surface area contributed by atoms with Crippen molar-refractivity contribution in [2.24, 2.45) is 0 Å². The zero-order valence-electron chi connectivity index (χ0n) is 6.21. The number of fused-ring (bicyclic) bond motifs is 1. The maximum atomic E-state index is 5.76. The van der Waals surface area contributed by atoms with Crippen LogP contribution in [0.25, 0.3) is 11.0 Å². The van der Waals surface area contributed by atoms with Crippen LogP contribution in [0.1, 0.15) is 0 Å². The molecule has 0 aliphatic rings. The Morgan fingerprint density at radius 2 is 1.31 bits per heavy atom. The van der Waals surface area contributed by atoms with Gasteiger partial charge < -0.3 is 0 Å². The van der Waals surface area contributed by atoms with E-state index in [0.717, 1.165) is 20.0 Å². The number of nitrogens with two attached hydrogens (primary N) is 2. The first kappa shape index (κ1) is 9.45. The monoisotopic (exact) mass is 370 g/mol. The van der Waals surface area contributed by atoms with Gasteiger partial charge in [0.15, 0.2) is 0 Å². The minimum absolute atomic E-state index is 0.0758. The van der Waals surface area contributed by atoms with E-state index in [4.69, 9.17) is 11.5 Å². The first-order valence-corrected chi connectivity index (χ1v) is 6.39. The Bertz CT molecular complexity index is 439. The zero-order valence-corrected chi connectivity index (χ0v) is 11.1. The van der Waals surface area contributed by atoms with Gasteiger partial charge >= 0.3 is 97.6 Å². The summed E-state index contributed by atoms with van der Waals surface area (Å²) < 4.78 is 9.97. The molecular weight excluding hydrogens is 367 g/mol. The van der Waals surface area contributed by atoms with Crippen molar-refractivity contribution in [1.82, 2.24) is 7.96 Å². The molecule has 0 aliphatic carbocycles. The fraction of sp³-hybridized carbons (Fsp3) is 0. The molecule has 1 heterocycles. The molecule has 0 radical (unpaired) electrons. The number of hydrogen-bond acceptors (Lipinski definition) is 4. The van der Waals surface area contributed by atoms with E-state index >= 15 is 0 Å². The maximum absolute atomic E-state index is 5.76. The van der Waals surface area contributed by atoms with Crippen LogP contribution in [0.4, 0.5) is 11.4 Å². The molecule has 0 aliphatic heterocycles. The standard InChI is InChI=1S/C6H4Br2N4Se/c7-1-3(9)4(10)2(8)6-5(1)11-13-12-6/h9-10H2. The molecule has 7 heteroatoms. The molecule has 0 unspecified atom stereocenters. The molecule has 4 N–H and O–H groups in total. The van der Waals surface area contributed by atoms with Gasteiger partial charge in [0, 0.05) is 0 Å². The van der Waals surface area contributed by atoms with E-state index in [2.05, 4.69) is 39.8 Å². The van der Waals surface area contributed by atoms with Crippen molar-refractivity contribution in [1.29, 1.82) is 0 Å². The summed E-state index contributed by atoms with van der Waals surface area (Å²) >= 11 is 6.62. The molecule has 68 valence electrons. The van der Waals surface area contributed by atoms with Gasteiger partial charge in [0.25, 0.3) is 0 Å². The molecule has 2 aromatic rings. The van der Waals surface area contributed by atoms with Gasteiger partial charge in [0.2, 0.25) is 0 Å². The minimum atomic E-state index is -0.0758. The van der Waals surface area contributed by atoms with E-state index in [0.29, 0.717) is 11.4 Å². The van der Waals surface area contributed by atoms with Crippen molar-refractivity contribution < 1.29 is 0 Å². The average molecular weight is 371 g/mol. The van der Waals surface area contributed by atoms with Crippen LogP contribution in [0.5, 0.6) is 0 Å². The third kappa shape index (κ3) is 1.30. The van der Waals surface area contributed by atoms with Crippen molar-refractivity contribution in [3.63, 3.8) is 0 Å². The number of anilines is 2. The second kappa shape index (κ2) is 3.24. The fourth-order valence-electron chi connectivity index (χ4n) is 0.968. The number of hydrogen-bond donors (Lipinski definition) is 2. The van der Waals surface area contributed by atoms with Gasteiger partial charge in [-0.1, -0.05) is 0 Å². The van der Waals surface area contributed by atoms with E-state index in [1.54, 1.807) is 0 Å². The van der Waals surface area contributed by atoms with E-state index in [1.807, 2.05) is 0 Å². The predicted octanol–water partition coefficient (Wildman–Crippen LogP) is 1.38. The third-order valence-electron chi connectivity index (χ3n) is 1.67. The summed E-state index contributed by atoms with van der Waals surface area (Å²) in [5.74, 6) is 0. The van der Waals surface area contributed by atoms with Crippen molar-refractivity contribution >= 4 is 69.2 Å². The van der Waals surface area contributed by atoms with E-state index in [-0.39, 0.29) is 15.0 Å². The van der Waals surface area contributed by atoms with Crippen molar-refractivity contribution in [3.8, 4) is 0 Å². The molecule has 4 nitrogen and oxygen atoms in total. The zero-order chi connectivity index (χ0) is 9.59. The fourth-order valence-corrected chi connectivity index (χ4v) is 3.65. The Balaban J connectivity index is 3.02. The number of nitrogens with zero attached hydrogens (tertiary/aromatic N) is 2. The van der Waals surface area contributed by atoms with Crippen LogP contribution in [-0.4, -0.2) is 22.9 Å². The van der Waals surface area contributed by atoms with Gasteiger partial charge in [0.05, 0.1) is 0 Å². The normalized spacial score (nSPS) is 10.9. The summed E-state index contributed by atoms with van der Waals surface area (Å²) in [7, 11) is 0. The Morgan fingerprint density at radius 1 is 0.923 bits per heavy atom. The number of aromatic nitrogens is 2. The van der Waals surface area contributed by atoms with Crippen LogP contribution < -0.4 is 11.5 Å². The molecule has 0 saturated carbocycles. The molecule has 0 atom stereocenters. The van der Waals surface area contributed by atoms with Crippen LogP contribution >= 0.6 is 31.9 Å². The molecule has 2 rings (SSSR count). The number of benzene rings is 1. The van der Waals surface area contributed by atoms with Crippen LogP contribution in [0.2, 0.25) is 0 Å². The molecular formula is C6H4Br2N4Se. The molecule has 0 bridgehead atoms. The molecule has 1 aromatic heterocycles. The molecule has 0 amide bonds. The number of rotatable bonds is 0. The molecule has 0 fully saturated rings. The van der Waals surface area contributed by atoms with Crippen molar-refractivity contribution in [2.45, 2.75) is 0 Å². The Labute approximate surface area is 97.2 Å². The van der Waals surface area contributed by atoms with Crippen molar-refractivity contribution in [2.75, 3.05) is 11.5 Å². The van der Waals surface area contributed by atoms with Crippen molar-refractivity contribution in [3.05, 3.63) is 8.95 Å². The SMILES string of the molecule is Nc1c(N)c(Br)c2n[se]nc2c1Br.